The number of ether oxygens (including phenoxy) is 4. The van der Waals surface area contributed by atoms with Gasteiger partial charge in [0.05, 0.1) is 55.3 Å². The second-order valence-corrected chi connectivity index (χ2v) is 18.0. The third-order valence-electron chi connectivity index (χ3n) is 12.8. The van der Waals surface area contributed by atoms with Gasteiger partial charge in [-0.2, -0.15) is 0 Å². The van der Waals surface area contributed by atoms with Crippen LogP contribution in [0.15, 0.2) is 48.7 Å². The molecule has 16 nitrogen and oxygen atoms in total. The van der Waals surface area contributed by atoms with Gasteiger partial charge in [-0.25, -0.2) is 19.6 Å². The molecule has 3 heterocycles. The maximum Gasteiger partial charge on any atom is 0.407 e. The Morgan fingerprint density at radius 2 is 1.55 bits per heavy atom. The minimum absolute atomic E-state index is 0.0658. The monoisotopic (exact) mass is 897 g/mol. The van der Waals surface area contributed by atoms with Gasteiger partial charge in [-0.3, -0.25) is 9.69 Å². The number of aliphatic hydroxyl groups is 1. The summed E-state index contributed by atoms with van der Waals surface area (Å²) in [6.07, 6.45) is 0.990. The van der Waals surface area contributed by atoms with Crippen molar-refractivity contribution in [2.24, 2.45) is 17.8 Å². The number of imidazole rings is 2. The highest BCUT2D eigenvalue weighted by Crippen LogP contribution is 2.43. The topological polar surface area (TPSA) is 196 Å². The molecule has 1 aliphatic rings. The predicted molar refractivity (Wildman–Crippen MR) is 251 cm³/mol. The first-order valence-corrected chi connectivity index (χ1v) is 22.8. The molecule has 1 unspecified atom stereocenters. The fourth-order valence-electron chi connectivity index (χ4n) is 9.06. The van der Waals surface area contributed by atoms with E-state index in [1.165, 1.54) is 14.2 Å². The van der Waals surface area contributed by atoms with Crippen molar-refractivity contribution in [1.29, 1.82) is 0 Å². The number of benzene rings is 3. The van der Waals surface area contributed by atoms with Crippen LogP contribution in [0.4, 0.5) is 9.59 Å². The summed E-state index contributed by atoms with van der Waals surface area (Å²) < 4.78 is 21.6. The van der Waals surface area contributed by atoms with E-state index in [0.717, 1.165) is 68.3 Å². The van der Waals surface area contributed by atoms with Gasteiger partial charge in [-0.05, 0) is 90.8 Å². The van der Waals surface area contributed by atoms with Crippen molar-refractivity contribution in [3.05, 3.63) is 65.9 Å². The van der Waals surface area contributed by atoms with Crippen molar-refractivity contribution >= 4 is 39.9 Å². The van der Waals surface area contributed by atoms with Gasteiger partial charge in [0.15, 0.2) is 0 Å². The van der Waals surface area contributed by atoms with Gasteiger partial charge in [0.2, 0.25) is 5.91 Å². The molecule has 6 atom stereocenters. The number of aromatic amines is 2. The summed E-state index contributed by atoms with van der Waals surface area (Å²) in [6.45, 7) is 19.2. The number of methoxy groups -OCH3 is 3. The number of hydrogen-bond acceptors (Lipinski definition) is 11. The van der Waals surface area contributed by atoms with Crippen molar-refractivity contribution in [3.63, 3.8) is 0 Å². The van der Waals surface area contributed by atoms with Gasteiger partial charge in [-0.1, -0.05) is 66.7 Å². The predicted octanol–water partition coefficient (Wildman–Crippen LogP) is 8.47. The number of hydrogen-bond donors (Lipinski definition) is 5. The third kappa shape index (κ3) is 10.4. The van der Waals surface area contributed by atoms with Crippen LogP contribution < -0.4 is 15.4 Å². The minimum Gasteiger partial charge on any atom is -0.488 e. The average molecular weight is 897 g/mol. The Morgan fingerprint density at radius 1 is 0.846 bits per heavy atom. The molecule has 0 saturated heterocycles. The molecule has 3 amide bonds. The third-order valence-corrected chi connectivity index (χ3v) is 12.8. The van der Waals surface area contributed by atoms with Crippen molar-refractivity contribution in [1.82, 2.24) is 40.4 Å². The van der Waals surface area contributed by atoms with Crippen LogP contribution in [-0.4, -0.2) is 112 Å². The summed E-state index contributed by atoms with van der Waals surface area (Å²) >= 11 is 0. The first-order valence-electron chi connectivity index (χ1n) is 22.8. The number of alkyl carbamates (subject to hydrolysis) is 2. The van der Waals surface area contributed by atoms with Crippen LogP contribution in [0.25, 0.3) is 44.2 Å². The average Bonchev–Trinajstić information content (AvgIpc) is 3.98. The van der Waals surface area contributed by atoms with Crippen molar-refractivity contribution in [3.8, 4) is 28.1 Å². The van der Waals surface area contributed by atoms with Crippen LogP contribution in [0.3, 0.4) is 0 Å². The Hall–Kier alpha value is -5.71. The van der Waals surface area contributed by atoms with E-state index >= 15 is 0 Å². The summed E-state index contributed by atoms with van der Waals surface area (Å²) in [4.78, 5) is 59.4. The number of nitrogens with one attached hydrogen (secondary N) is 4. The van der Waals surface area contributed by atoms with Crippen molar-refractivity contribution < 1.29 is 38.4 Å². The molecule has 0 fully saturated rings. The van der Waals surface area contributed by atoms with E-state index in [9.17, 15) is 19.5 Å². The summed E-state index contributed by atoms with van der Waals surface area (Å²) in [5, 5.41) is 19.4. The molecule has 2 aromatic heterocycles. The first-order chi connectivity index (χ1) is 31.0. The van der Waals surface area contributed by atoms with Gasteiger partial charge in [0.1, 0.15) is 36.3 Å². The van der Waals surface area contributed by atoms with E-state index < -0.39 is 36.5 Å². The van der Waals surface area contributed by atoms with Crippen LogP contribution in [0, 0.1) is 17.8 Å². The lowest BCUT2D eigenvalue weighted by atomic mass is 9.92. The van der Waals surface area contributed by atoms with Crippen molar-refractivity contribution in [2.75, 3.05) is 34.5 Å². The lowest BCUT2D eigenvalue weighted by Gasteiger charge is -2.39. The molecule has 5 N–H and O–H groups in total. The zero-order chi connectivity index (χ0) is 47.3. The Balaban J connectivity index is 1.28. The smallest absolute Gasteiger partial charge is 0.407 e. The van der Waals surface area contributed by atoms with Crippen LogP contribution >= 0.6 is 0 Å². The summed E-state index contributed by atoms with van der Waals surface area (Å²) in [5.41, 5.74) is 6.47. The molecular weight excluding hydrogens is 829 g/mol. The maximum atomic E-state index is 14.2. The Bertz CT molecular complexity index is 2440. The lowest BCUT2D eigenvalue weighted by molar-refractivity contribution is -0.140. The van der Waals surface area contributed by atoms with Gasteiger partial charge < -0.3 is 49.6 Å². The van der Waals surface area contributed by atoms with E-state index in [-0.39, 0.29) is 35.7 Å². The number of rotatable bonds is 19. The van der Waals surface area contributed by atoms with Crippen LogP contribution in [0.5, 0.6) is 5.75 Å². The van der Waals surface area contributed by atoms with Gasteiger partial charge in [0, 0.05) is 37.3 Å². The standard InChI is InChI=1S/C49H68N8O8/c1-13-34(14-2)57(47(59)42(27(5)6)55-49(61)64-12)30(9)44-50-22-39(52-44)32-15-17-35-33(19-32)25-65-40-21-36-31(20-37(35)40)16-18-38-43(36)53-45(51-38)29(8)56(23-28(7)24-62-10)46(58)41(26(3)4)54-48(60)63-11/h15-22,26-30,34,41-42,46,58H,13-14,23-25H2,1-12H3,(H,50,52)(H,51,53)(H,54,60)(H,55,61)/t28-,29-,30-,41-,42-,46?/m0/s1. The second kappa shape index (κ2) is 21.1. The quantitative estimate of drug-likeness (QED) is 0.0499. The Kier molecular flexibility index (Phi) is 15.8. The summed E-state index contributed by atoms with van der Waals surface area (Å²) in [7, 11) is 4.26. The van der Waals surface area contributed by atoms with Gasteiger partial charge in [0.25, 0.3) is 0 Å². The Morgan fingerprint density at radius 3 is 2.20 bits per heavy atom. The molecule has 0 spiro atoms. The normalized spacial score (nSPS) is 15.3. The minimum atomic E-state index is -1.05. The molecule has 0 aliphatic carbocycles. The second-order valence-electron chi connectivity index (χ2n) is 18.0. The number of carbonyl (C=O) groups is 3. The molecule has 6 rings (SSSR count). The molecule has 65 heavy (non-hydrogen) atoms. The zero-order valence-electron chi connectivity index (χ0n) is 39.9. The number of aromatic nitrogens is 4. The SMILES string of the molecule is CCC(CC)N(C(=O)[C@@H](NC(=O)OC)C(C)C)[C@@H](C)c1ncc(-c2ccc3c(c2)COc2cc4c(ccc5[nH]c([C@H](C)N(C[C@H](C)COC)C(O)[C@@H](NC(=O)OC)C(C)C)nc54)cc2-3)[nH]1. The Labute approximate surface area is 382 Å². The molecular formula is C49H68N8O8. The summed E-state index contributed by atoms with van der Waals surface area (Å²) in [6, 6.07) is 12.4. The first kappa shape index (κ1) is 48.7. The summed E-state index contributed by atoms with van der Waals surface area (Å²) in [5.74, 6) is 1.72. The van der Waals surface area contributed by atoms with Gasteiger partial charge in [-0.15, -0.1) is 0 Å². The molecule has 16 heteroatoms. The largest absolute Gasteiger partial charge is 0.488 e. The number of aliphatic hydroxyl groups excluding tert-OH is 1. The number of amides is 3. The van der Waals surface area contributed by atoms with Crippen LogP contribution in [0.2, 0.25) is 0 Å². The van der Waals surface area contributed by atoms with E-state index in [0.29, 0.717) is 31.4 Å². The number of nitrogens with zero attached hydrogens (tertiary/aromatic N) is 4. The number of H-pyrrole nitrogens is 2. The van der Waals surface area contributed by atoms with Gasteiger partial charge >= 0.3 is 12.2 Å². The molecule has 0 radical (unpaired) electrons. The number of carbonyl (C=O) groups excluding carboxylic acids is 3. The maximum absolute atomic E-state index is 14.2. The lowest BCUT2D eigenvalue weighted by Crippen LogP contribution is -2.55. The molecule has 3 aromatic carbocycles. The van der Waals surface area contributed by atoms with E-state index in [1.807, 2.05) is 57.4 Å². The zero-order valence-corrected chi connectivity index (χ0v) is 39.9. The fourth-order valence-corrected chi connectivity index (χ4v) is 9.06. The van der Waals surface area contributed by atoms with Crippen molar-refractivity contribution in [2.45, 2.75) is 118 Å². The molecule has 5 aromatic rings. The van der Waals surface area contributed by atoms with E-state index in [2.05, 4.69) is 77.8 Å². The fraction of sp³-hybridized carbons (Fsp3) is 0.531. The molecule has 1 aliphatic heterocycles. The van der Waals surface area contributed by atoms with E-state index in [4.69, 9.17) is 28.9 Å². The highest BCUT2D eigenvalue weighted by atomic mass is 16.5. The van der Waals surface area contributed by atoms with Crippen LogP contribution in [-0.2, 0) is 25.6 Å². The molecule has 0 bridgehead atoms. The number of fused-ring (bicyclic) bond motifs is 6. The molecule has 0 saturated carbocycles. The highest BCUT2D eigenvalue weighted by molar-refractivity contribution is 6.07. The highest BCUT2D eigenvalue weighted by Gasteiger charge is 2.37. The van der Waals surface area contributed by atoms with Crippen LogP contribution in [0.1, 0.15) is 104 Å². The van der Waals surface area contributed by atoms with E-state index in [1.54, 1.807) is 13.3 Å². The molecule has 352 valence electrons.